The number of carbonyl (C=O) groups excluding carboxylic acids is 2. The predicted octanol–water partition coefficient (Wildman–Crippen LogP) is 12.8. The summed E-state index contributed by atoms with van der Waals surface area (Å²) in [5, 5.41) is 0. The minimum absolute atomic E-state index is 0.0338. The second-order valence-electron chi connectivity index (χ2n) is 14.2. The molecule has 0 heterocycles. The largest absolute Gasteiger partial charge is 0.472 e. The monoisotopic (exact) mass is 818 g/mol. The number of phosphoric acid groups is 1. The molecule has 0 aromatic heterocycles. The van der Waals surface area contributed by atoms with Crippen molar-refractivity contribution in [3.8, 4) is 0 Å². The summed E-state index contributed by atoms with van der Waals surface area (Å²) in [6.45, 7) is 3.56. The zero-order valence-electron chi connectivity index (χ0n) is 35.8. The predicted molar refractivity (Wildman–Crippen MR) is 238 cm³/mol. The average Bonchev–Trinajstić information content (AvgIpc) is 3.20. The van der Waals surface area contributed by atoms with Gasteiger partial charge in [0.2, 0.25) is 0 Å². The van der Waals surface area contributed by atoms with Crippen LogP contribution >= 0.6 is 7.82 Å². The molecule has 326 valence electrons. The van der Waals surface area contributed by atoms with Crippen molar-refractivity contribution in [3.05, 3.63) is 85.1 Å². The fourth-order valence-electron chi connectivity index (χ4n) is 5.48. The van der Waals surface area contributed by atoms with Crippen LogP contribution in [0.15, 0.2) is 85.1 Å². The maximum Gasteiger partial charge on any atom is 0.472 e. The van der Waals surface area contributed by atoms with Crippen LogP contribution in [0.2, 0.25) is 0 Å². The van der Waals surface area contributed by atoms with Crippen LogP contribution < -0.4 is 5.73 Å². The summed E-state index contributed by atoms with van der Waals surface area (Å²) in [6, 6.07) is 0. The van der Waals surface area contributed by atoms with Crippen molar-refractivity contribution in [3.63, 3.8) is 0 Å². The van der Waals surface area contributed by atoms with E-state index in [1.54, 1.807) is 0 Å². The standard InChI is InChI=1S/C47H80NO8P/c1-3-5-7-9-11-13-15-17-19-21-22-24-25-27-29-31-33-35-37-39-46(49)53-43-45(44-55-57(51,52)54-42-41-48)56-47(50)40-38-36-34-32-30-28-26-23-20-18-16-14-12-10-8-6-4-2/h11,13,17,19,22,24,26-29,32-35,45H,3-10,12,14-16,18,20-21,23,25,30-31,36-44,48H2,1-2H3,(H,51,52)/b13-11+,19-17+,24-22+,28-26+,29-27+,34-32+,35-33+/t45-/m1/s1. The maximum atomic E-state index is 12.6. The van der Waals surface area contributed by atoms with Crippen LogP contribution in [0, 0.1) is 0 Å². The molecule has 0 bridgehead atoms. The lowest BCUT2D eigenvalue weighted by molar-refractivity contribution is -0.161. The second kappa shape index (κ2) is 42.8. The number of carbonyl (C=O) groups is 2. The van der Waals surface area contributed by atoms with Gasteiger partial charge in [0, 0.05) is 19.4 Å². The zero-order chi connectivity index (χ0) is 41.8. The summed E-state index contributed by atoms with van der Waals surface area (Å²) >= 11 is 0. The highest BCUT2D eigenvalue weighted by Gasteiger charge is 2.25. The van der Waals surface area contributed by atoms with Gasteiger partial charge in [-0.3, -0.25) is 18.6 Å². The van der Waals surface area contributed by atoms with Gasteiger partial charge in [-0.15, -0.1) is 0 Å². The van der Waals surface area contributed by atoms with Crippen molar-refractivity contribution in [2.45, 2.75) is 174 Å². The average molecular weight is 818 g/mol. The van der Waals surface area contributed by atoms with Crippen LogP contribution in [0.25, 0.3) is 0 Å². The van der Waals surface area contributed by atoms with E-state index in [1.807, 2.05) is 18.2 Å². The molecule has 0 aliphatic rings. The van der Waals surface area contributed by atoms with Gasteiger partial charge < -0.3 is 20.1 Å². The van der Waals surface area contributed by atoms with Gasteiger partial charge in [0.15, 0.2) is 6.10 Å². The Labute approximate surface area is 347 Å². The van der Waals surface area contributed by atoms with Crippen LogP contribution in [0.1, 0.15) is 168 Å². The molecule has 0 saturated carbocycles. The van der Waals surface area contributed by atoms with E-state index < -0.39 is 32.5 Å². The molecule has 0 fully saturated rings. The number of phosphoric ester groups is 1. The molecule has 0 rings (SSSR count). The molecule has 57 heavy (non-hydrogen) atoms. The molecule has 9 nitrogen and oxygen atoms in total. The lowest BCUT2D eigenvalue weighted by Crippen LogP contribution is -2.29. The molecule has 1 unspecified atom stereocenters. The molecule has 0 aliphatic carbocycles. The molecule has 0 radical (unpaired) electrons. The summed E-state index contributed by atoms with van der Waals surface area (Å²) in [5.74, 6) is -0.985. The van der Waals surface area contributed by atoms with Crippen LogP contribution in [0.5, 0.6) is 0 Å². The number of rotatable bonds is 40. The number of nitrogens with two attached hydrogens (primary N) is 1. The van der Waals surface area contributed by atoms with E-state index in [9.17, 15) is 19.0 Å². The van der Waals surface area contributed by atoms with Crippen molar-refractivity contribution in [2.24, 2.45) is 5.73 Å². The first-order valence-electron chi connectivity index (χ1n) is 22.1. The Hall–Kier alpha value is -2.81. The molecule has 0 saturated heterocycles. The summed E-state index contributed by atoms with van der Waals surface area (Å²) < 4.78 is 32.6. The summed E-state index contributed by atoms with van der Waals surface area (Å²) in [5.41, 5.74) is 5.34. The molecule has 10 heteroatoms. The molecule has 3 N–H and O–H groups in total. The Morgan fingerprint density at radius 2 is 0.947 bits per heavy atom. The smallest absolute Gasteiger partial charge is 0.462 e. The fourth-order valence-corrected chi connectivity index (χ4v) is 6.24. The van der Waals surface area contributed by atoms with Gasteiger partial charge in [0.1, 0.15) is 6.61 Å². The van der Waals surface area contributed by atoms with Gasteiger partial charge in [-0.2, -0.15) is 0 Å². The number of unbranched alkanes of at least 4 members (excludes halogenated alkanes) is 13. The van der Waals surface area contributed by atoms with E-state index >= 15 is 0 Å². The van der Waals surface area contributed by atoms with Crippen molar-refractivity contribution in [1.82, 2.24) is 0 Å². The van der Waals surface area contributed by atoms with Gasteiger partial charge in [-0.05, 0) is 77.0 Å². The topological polar surface area (TPSA) is 134 Å². The first-order valence-corrected chi connectivity index (χ1v) is 23.6. The van der Waals surface area contributed by atoms with Crippen molar-refractivity contribution in [1.29, 1.82) is 0 Å². The molecular formula is C47H80NO8P. The van der Waals surface area contributed by atoms with E-state index in [0.29, 0.717) is 19.3 Å². The van der Waals surface area contributed by atoms with E-state index in [4.69, 9.17) is 24.3 Å². The number of esters is 2. The molecule has 0 spiro atoms. The highest BCUT2D eigenvalue weighted by molar-refractivity contribution is 7.47. The van der Waals surface area contributed by atoms with Crippen molar-refractivity contribution in [2.75, 3.05) is 26.4 Å². The normalized spacial score (nSPS) is 14.1. The van der Waals surface area contributed by atoms with Crippen molar-refractivity contribution < 1.29 is 37.6 Å². The first kappa shape index (κ1) is 54.2. The Balaban J connectivity index is 4.35. The summed E-state index contributed by atoms with van der Waals surface area (Å²) in [7, 11) is -4.41. The second-order valence-corrected chi connectivity index (χ2v) is 15.7. The number of allylic oxidation sites excluding steroid dienone is 14. The molecule has 0 aromatic carbocycles. The number of ether oxygens (including phenoxy) is 2. The molecule has 0 amide bonds. The van der Waals surface area contributed by atoms with Gasteiger partial charge >= 0.3 is 19.8 Å². The van der Waals surface area contributed by atoms with Crippen molar-refractivity contribution >= 4 is 19.8 Å². The number of hydrogen-bond acceptors (Lipinski definition) is 8. The lowest BCUT2D eigenvalue weighted by Gasteiger charge is -2.19. The van der Waals surface area contributed by atoms with Gasteiger partial charge in [-0.1, -0.05) is 163 Å². The minimum Gasteiger partial charge on any atom is -0.462 e. The third-order valence-electron chi connectivity index (χ3n) is 8.77. The van der Waals surface area contributed by atoms with Crippen LogP contribution in [-0.4, -0.2) is 49.3 Å². The maximum absolute atomic E-state index is 12.6. The zero-order valence-corrected chi connectivity index (χ0v) is 36.7. The Morgan fingerprint density at radius 1 is 0.526 bits per heavy atom. The van der Waals surface area contributed by atoms with E-state index in [2.05, 4.69) is 80.7 Å². The summed E-state index contributed by atoms with van der Waals surface area (Å²) in [4.78, 5) is 34.8. The first-order chi connectivity index (χ1) is 27.8. The third kappa shape index (κ3) is 42.6. The van der Waals surface area contributed by atoms with Crippen LogP contribution in [0.4, 0.5) is 0 Å². The fraction of sp³-hybridized carbons (Fsp3) is 0.660. The van der Waals surface area contributed by atoms with E-state index in [1.165, 1.54) is 83.5 Å². The molecule has 0 aromatic rings. The molecule has 0 aliphatic heterocycles. The minimum atomic E-state index is -4.41. The lowest BCUT2D eigenvalue weighted by atomic mass is 10.1. The Bertz CT molecular complexity index is 1210. The molecular weight excluding hydrogens is 737 g/mol. The highest BCUT2D eigenvalue weighted by Crippen LogP contribution is 2.43. The third-order valence-corrected chi connectivity index (χ3v) is 9.75. The van der Waals surface area contributed by atoms with E-state index in [-0.39, 0.29) is 32.6 Å². The Morgan fingerprint density at radius 3 is 1.46 bits per heavy atom. The van der Waals surface area contributed by atoms with Gasteiger partial charge in [0.25, 0.3) is 0 Å². The molecule has 2 atom stereocenters. The van der Waals surface area contributed by atoms with Gasteiger partial charge in [0.05, 0.1) is 13.2 Å². The Kier molecular flexibility index (Phi) is 40.7. The highest BCUT2D eigenvalue weighted by atomic mass is 31.2. The van der Waals surface area contributed by atoms with E-state index in [0.717, 1.165) is 38.5 Å². The summed E-state index contributed by atoms with van der Waals surface area (Å²) in [6.07, 6.45) is 53.5. The quantitative estimate of drug-likeness (QED) is 0.0268. The van der Waals surface area contributed by atoms with Gasteiger partial charge in [-0.25, -0.2) is 4.57 Å². The number of hydrogen-bond donors (Lipinski definition) is 2. The van der Waals surface area contributed by atoms with Crippen LogP contribution in [0.3, 0.4) is 0 Å². The SMILES string of the molecule is CCCCC/C=C/C/C=C/C/C=C/C/C=C/C/C=C/CCC(=O)OC[C@H](COP(=O)(O)OCCN)OC(=O)CCC/C=C/C/C=C/CCCCCCCCCCC. The van der Waals surface area contributed by atoms with Crippen LogP contribution in [-0.2, 0) is 32.7 Å².